The maximum absolute atomic E-state index is 8.06. The van der Waals surface area contributed by atoms with Crippen LogP contribution in [0, 0.1) is 0 Å². The van der Waals surface area contributed by atoms with E-state index >= 15 is 0 Å². The van der Waals surface area contributed by atoms with Crippen molar-refractivity contribution in [3.8, 4) is 0 Å². The van der Waals surface area contributed by atoms with E-state index in [2.05, 4.69) is 14.0 Å². The van der Waals surface area contributed by atoms with Crippen LogP contribution in [-0.4, -0.2) is 73.8 Å². The summed E-state index contributed by atoms with van der Waals surface area (Å²) in [6.07, 6.45) is 6.05. The Morgan fingerprint density at radius 1 is 0.944 bits per heavy atom. The molecule has 0 atom stereocenters. The molecule has 0 bridgehead atoms. The van der Waals surface area contributed by atoms with Crippen LogP contribution in [0.5, 0.6) is 0 Å². The molecule has 1 N–H and O–H groups in total. The third kappa shape index (κ3) is 12.5. The molecule has 0 aromatic heterocycles. The van der Waals surface area contributed by atoms with E-state index in [1.54, 1.807) is 13.8 Å². The molecule has 0 fully saturated rings. The predicted molar refractivity (Wildman–Crippen MR) is 83.1 cm³/mol. The van der Waals surface area contributed by atoms with E-state index in [1.165, 1.54) is 0 Å². The van der Waals surface area contributed by atoms with Crippen molar-refractivity contribution in [1.82, 2.24) is 14.0 Å². The standard InChI is InChI=1S/C7H19N3P.C3H8O.2ClH.Ti/c1-8(2)11(7,9(3)4)10(5)6;1-3(2)4;;;/h7H,1-6H3;3-4H,1-2H3;2*1H;/q-1;;;;+2/p-2. The van der Waals surface area contributed by atoms with Crippen molar-refractivity contribution < 1.29 is 22.1 Å². The molecule has 0 heterocycles. The van der Waals surface area contributed by atoms with Crippen molar-refractivity contribution in [2.75, 3.05) is 42.3 Å². The summed E-state index contributed by atoms with van der Waals surface area (Å²) >= 11 is -0.556. The monoisotopic (exact) mass is 354 g/mol. The molecule has 18 heavy (non-hydrogen) atoms. The molecule has 0 aromatic carbocycles. The van der Waals surface area contributed by atoms with Gasteiger partial charge in [-0.15, -0.1) is 0 Å². The molecule has 0 aliphatic carbocycles. The van der Waals surface area contributed by atoms with Gasteiger partial charge in [-0.05, 0) is 56.1 Å². The summed E-state index contributed by atoms with van der Waals surface area (Å²) in [5.74, 6) is 0. The fourth-order valence-electron chi connectivity index (χ4n) is 1.07. The second kappa shape index (κ2) is 13.4. The first-order chi connectivity index (χ1) is 7.98. The molecule has 0 saturated carbocycles. The first-order valence-electron chi connectivity index (χ1n) is 5.33. The van der Waals surface area contributed by atoms with Gasteiger partial charge in [0.15, 0.2) is 0 Å². The molecule has 0 spiro atoms. The second-order valence-corrected chi connectivity index (χ2v) is 10.5. The molecule has 0 unspecified atom stereocenters. The Hall–Kier alpha value is 1.43. The Morgan fingerprint density at radius 2 is 1.06 bits per heavy atom. The van der Waals surface area contributed by atoms with Gasteiger partial charge in [0.25, 0.3) is 0 Å². The summed E-state index contributed by atoms with van der Waals surface area (Å²) in [6, 6.07) is 0. The van der Waals surface area contributed by atoms with Gasteiger partial charge >= 0.3 is 35.6 Å². The number of rotatable bonds is 3. The second-order valence-electron chi connectivity index (χ2n) is 4.32. The first-order valence-corrected chi connectivity index (χ1v) is 11.3. The van der Waals surface area contributed by atoms with E-state index < -0.39 is 24.4 Å². The van der Waals surface area contributed by atoms with Crippen LogP contribution in [0.25, 0.3) is 0 Å². The van der Waals surface area contributed by atoms with Crippen LogP contribution in [0.15, 0.2) is 0 Å². The Balaban J connectivity index is -0.000000266. The number of halogens is 2. The van der Waals surface area contributed by atoms with Gasteiger partial charge in [0.2, 0.25) is 0 Å². The van der Waals surface area contributed by atoms with E-state index in [0.717, 1.165) is 0 Å². The molecule has 0 aromatic rings. The van der Waals surface area contributed by atoms with Gasteiger partial charge in [-0.2, -0.15) is 0 Å². The fourth-order valence-corrected chi connectivity index (χ4v) is 3.22. The van der Waals surface area contributed by atoms with Crippen LogP contribution < -0.4 is 0 Å². The third-order valence-corrected chi connectivity index (χ3v) is 5.30. The van der Waals surface area contributed by atoms with Crippen LogP contribution in [0.1, 0.15) is 13.8 Å². The first kappa shape index (κ1) is 24.5. The summed E-state index contributed by atoms with van der Waals surface area (Å²) < 4.78 is 6.23. The van der Waals surface area contributed by atoms with Crippen molar-refractivity contribution in [2.45, 2.75) is 20.0 Å². The Bertz CT molecular complexity index is 198. The van der Waals surface area contributed by atoms with Crippen molar-refractivity contribution in [3.63, 3.8) is 0 Å². The van der Waals surface area contributed by atoms with Crippen LogP contribution in [0.4, 0.5) is 0 Å². The van der Waals surface area contributed by atoms with Gasteiger partial charge in [0.05, 0.1) is 0 Å². The summed E-state index contributed by atoms with van der Waals surface area (Å²) in [5, 5.41) is 8.06. The fraction of sp³-hybridized carbons (Fsp3) is 0.900. The van der Waals surface area contributed by atoms with Gasteiger partial charge in [-0.3, -0.25) is 14.0 Å². The summed E-state index contributed by atoms with van der Waals surface area (Å²) in [5.41, 5.74) is 0. The Kier molecular flexibility index (Phi) is 18.2. The van der Waals surface area contributed by atoms with Crippen LogP contribution in [0.2, 0.25) is 0 Å². The normalized spacial score (nSPS) is 11.1. The van der Waals surface area contributed by atoms with Crippen molar-refractivity contribution in [2.24, 2.45) is 0 Å². The zero-order chi connectivity index (χ0) is 15.5. The van der Waals surface area contributed by atoms with Gasteiger partial charge in [0, 0.05) is 6.10 Å². The van der Waals surface area contributed by atoms with Crippen LogP contribution in [-0.2, 0) is 17.0 Å². The number of nitrogens with zero attached hydrogens (tertiary/aromatic N) is 3. The van der Waals surface area contributed by atoms with Gasteiger partial charge in [0.1, 0.15) is 0 Å². The molecule has 8 heteroatoms. The van der Waals surface area contributed by atoms with E-state index in [4.69, 9.17) is 30.0 Å². The minimum absolute atomic E-state index is 0.167. The molecule has 4 nitrogen and oxygen atoms in total. The van der Waals surface area contributed by atoms with Crippen molar-refractivity contribution in [1.29, 1.82) is 0 Å². The molecular formula is C10H27Cl2N3OPTi-. The third-order valence-electron chi connectivity index (χ3n) is 1.77. The molecule has 112 valence electrons. The van der Waals surface area contributed by atoms with Gasteiger partial charge < -0.3 is 11.4 Å². The molecule has 0 rings (SSSR count). The quantitative estimate of drug-likeness (QED) is 0.479. The van der Waals surface area contributed by atoms with E-state index in [0.29, 0.717) is 0 Å². The number of hydrogen-bond acceptors (Lipinski definition) is 4. The number of aliphatic hydroxyl groups is 1. The predicted octanol–water partition coefficient (Wildman–Crippen LogP) is 2.51. The van der Waals surface area contributed by atoms with E-state index in [1.807, 2.05) is 42.3 Å². The molecular weight excluding hydrogens is 328 g/mol. The minimum atomic E-state index is -1.69. The molecule has 0 aliphatic rings. The van der Waals surface area contributed by atoms with Crippen LogP contribution >= 0.6 is 25.9 Å². The molecule has 0 aliphatic heterocycles. The SMILES string of the molecule is CC(C)O.[CH-]=P(N(C)C)(N(C)C)N(C)C.[Cl][Ti][Cl]. The number of aliphatic hydroxyl groups excluding tert-OH is 1. The zero-order valence-corrected chi connectivity index (χ0v) is 16.6. The molecule has 0 saturated heterocycles. The van der Waals surface area contributed by atoms with Gasteiger partial charge in [-0.25, -0.2) is 0 Å². The van der Waals surface area contributed by atoms with Crippen molar-refractivity contribution >= 4 is 32.2 Å². The average molecular weight is 355 g/mol. The zero-order valence-electron chi connectivity index (χ0n) is 12.6. The van der Waals surface area contributed by atoms with Gasteiger partial charge in [-0.1, -0.05) is 7.34 Å². The van der Waals surface area contributed by atoms with E-state index in [9.17, 15) is 0 Å². The molecule has 0 amide bonds. The van der Waals surface area contributed by atoms with E-state index in [-0.39, 0.29) is 6.10 Å². The Labute approximate surface area is 130 Å². The summed E-state index contributed by atoms with van der Waals surface area (Å²) in [7, 11) is 20.1. The Morgan fingerprint density at radius 3 is 1.06 bits per heavy atom. The topological polar surface area (TPSA) is 30.0 Å². The molecule has 0 radical (unpaired) electrons. The van der Waals surface area contributed by atoms with Crippen LogP contribution in [0.3, 0.4) is 0 Å². The summed E-state index contributed by atoms with van der Waals surface area (Å²) in [4.78, 5) is 0. The summed E-state index contributed by atoms with van der Waals surface area (Å²) in [6.45, 7) is 3.44. The maximum atomic E-state index is 8.06. The average Bonchev–Trinajstić information content (AvgIpc) is 2.15. The number of hydrogen-bond donors (Lipinski definition) is 1. The van der Waals surface area contributed by atoms with Crippen molar-refractivity contribution in [3.05, 3.63) is 0 Å².